The molecule has 1 amide bonds. The summed E-state index contributed by atoms with van der Waals surface area (Å²) in [6, 6.07) is 0.400. The molecule has 0 bridgehead atoms. The van der Waals surface area contributed by atoms with E-state index < -0.39 is 5.60 Å². The van der Waals surface area contributed by atoms with E-state index in [4.69, 9.17) is 9.47 Å². The van der Waals surface area contributed by atoms with E-state index in [9.17, 15) is 4.79 Å². The average Bonchev–Trinajstić information content (AvgIpc) is 2.72. The van der Waals surface area contributed by atoms with E-state index in [1.54, 1.807) is 4.90 Å². The smallest absolute Gasteiger partial charge is 0.410 e. The molecular weight excluding hydrogens is 256 g/mol. The summed E-state index contributed by atoms with van der Waals surface area (Å²) in [5, 5.41) is 3.46. The third-order valence-electron chi connectivity index (χ3n) is 3.31. The van der Waals surface area contributed by atoms with Gasteiger partial charge in [-0.2, -0.15) is 0 Å². The maximum absolute atomic E-state index is 12.1. The molecule has 1 fully saturated rings. The number of amides is 1. The van der Waals surface area contributed by atoms with Gasteiger partial charge >= 0.3 is 6.09 Å². The van der Waals surface area contributed by atoms with Crippen LogP contribution in [0.5, 0.6) is 0 Å². The molecular formula is C15H30N2O3. The second-order valence-corrected chi connectivity index (χ2v) is 6.39. The quantitative estimate of drug-likeness (QED) is 0.814. The predicted octanol–water partition coefficient (Wildman–Crippen LogP) is 2.40. The molecule has 0 saturated carbocycles. The van der Waals surface area contributed by atoms with Crippen LogP contribution < -0.4 is 5.32 Å². The van der Waals surface area contributed by atoms with Crippen LogP contribution in [-0.4, -0.2) is 55.0 Å². The molecule has 0 aromatic carbocycles. The summed E-state index contributed by atoms with van der Waals surface area (Å²) >= 11 is 0. The van der Waals surface area contributed by atoms with Gasteiger partial charge in [-0.15, -0.1) is 0 Å². The highest BCUT2D eigenvalue weighted by Crippen LogP contribution is 2.13. The Hall–Kier alpha value is -0.810. The van der Waals surface area contributed by atoms with Gasteiger partial charge in [-0.05, 0) is 40.5 Å². The minimum absolute atomic E-state index is 0.225. The van der Waals surface area contributed by atoms with Gasteiger partial charge in [0.2, 0.25) is 0 Å². The van der Waals surface area contributed by atoms with Crippen molar-refractivity contribution in [3.8, 4) is 0 Å². The summed E-state index contributed by atoms with van der Waals surface area (Å²) in [6.45, 7) is 12.8. The first-order valence-corrected chi connectivity index (χ1v) is 7.66. The van der Waals surface area contributed by atoms with Gasteiger partial charge < -0.3 is 19.7 Å². The first-order valence-electron chi connectivity index (χ1n) is 7.66. The van der Waals surface area contributed by atoms with Crippen molar-refractivity contribution in [3.63, 3.8) is 0 Å². The number of nitrogens with zero attached hydrogens (tertiary/aromatic N) is 1. The fraction of sp³-hybridized carbons (Fsp3) is 0.933. The van der Waals surface area contributed by atoms with Crippen molar-refractivity contribution in [3.05, 3.63) is 0 Å². The molecule has 5 nitrogen and oxygen atoms in total. The first-order chi connectivity index (χ1) is 9.33. The minimum Gasteiger partial charge on any atom is -0.444 e. The third kappa shape index (κ3) is 6.09. The number of rotatable bonds is 6. The number of hydrogen-bond donors (Lipinski definition) is 1. The van der Waals surface area contributed by atoms with Crippen molar-refractivity contribution >= 4 is 6.09 Å². The van der Waals surface area contributed by atoms with Crippen molar-refractivity contribution in [2.45, 2.75) is 65.2 Å². The molecule has 0 spiro atoms. The maximum Gasteiger partial charge on any atom is 0.410 e. The highest BCUT2D eigenvalue weighted by Gasteiger charge is 2.25. The van der Waals surface area contributed by atoms with E-state index in [-0.39, 0.29) is 12.2 Å². The molecule has 0 radical (unpaired) electrons. The lowest BCUT2D eigenvalue weighted by Gasteiger charge is -2.28. The SMILES string of the molecule is CCCN(CCNC1CCOC1C)C(=O)OC(C)(C)C. The molecule has 1 saturated heterocycles. The number of carbonyl (C=O) groups is 1. The molecule has 1 N–H and O–H groups in total. The molecule has 2 unspecified atom stereocenters. The second-order valence-electron chi connectivity index (χ2n) is 6.39. The van der Waals surface area contributed by atoms with Crippen LogP contribution >= 0.6 is 0 Å². The van der Waals surface area contributed by atoms with Gasteiger partial charge in [0.25, 0.3) is 0 Å². The van der Waals surface area contributed by atoms with Gasteiger partial charge in [0, 0.05) is 32.3 Å². The van der Waals surface area contributed by atoms with Gasteiger partial charge in [-0.3, -0.25) is 0 Å². The van der Waals surface area contributed by atoms with Crippen LogP contribution in [0.3, 0.4) is 0 Å². The largest absolute Gasteiger partial charge is 0.444 e. The molecule has 2 atom stereocenters. The summed E-state index contributed by atoms with van der Waals surface area (Å²) in [6.07, 6.45) is 2.01. The van der Waals surface area contributed by atoms with Crippen LogP contribution in [0, 0.1) is 0 Å². The molecule has 0 aromatic rings. The zero-order chi connectivity index (χ0) is 15.2. The van der Waals surface area contributed by atoms with Gasteiger partial charge in [0.15, 0.2) is 0 Å². The van der Waals surface area contributed by atoms with E-state index in [2.05, 4.69) is 19.2 Å². The van der Waals surface area contributed by atoms with E-state index >= 15 is 0 Å². The Kier molecular flexibility index (Phi) is 6.76. The van der Waals surface area contributed by atoms with E-state index in [1.165, 1.54) is 0 Å². The van der Waals surface area contributed by atoms with Crippen LogP contribution in [0.15, 0.2) is 0 Å². The first kappa shape index (κ1) is 17.2. The Morgan fingerprint density at radius 3 is 2.60 bits per heavy atom. The van der Waals surface area contributed by atoms with Crippen molar-refractivity contribution in [2.24, 2.45) is 0 Å². The highest BCUT2D eigenvalue weighted by molar-refractivity contribution is 5.68. The number of ether oxygens (including phenoxy) is 2. The van der Waals surface area contributed by atoms with E-state index in [0.717, 1.165) is 32.5 Å². The van der Waals surface area contributed by atoms with Gasteiger partial charge in [0.1, 0.15) is 5.60 Å². The lowest BCUT2D eigenvalue weighted by molar-refractivity contribution is 0.0249. The molecule has 0 aromatic heterocycles. The molecule has 1 heterocycles. The fourth-order valence-corrected chi connectivity index (χ4v) is 2.28. The summed E-state index contributed by atoms with van der Waals surface area (Å²) in [5.74, 6) is 0. The van der Waals surface area contributed by atoms with Crippen LogP contribution in [0.1, 0.15) is 47.5 Å². The zero-order valence-electron chi connectivity index (χ0n) is 13.6. The van der Waals surface area contributed by atoms with Crippen LogP contribution in [-0.2, 0) is 9.47 Å². The van der Waals surface area contributed by atoms with Crippen LogP contribution in [0.2, 0.25) is 0 Å². The van der Waals surface area contributed by atoms with Crippen molar-refractivity contribution in [2.75, 3.05) is 26.2 Å². The van der Waals surface area contributed by atoms with Crippen molar-refractivity contribution in [1.29, 1.82) is 0 Å². The minimum atomic E-state index is -0.440. The van der Waals surface area contributed by atoms with E-state index in [0.29, 0.717) is 12.6 Å². The van der Waals surface area contributed by atoms with Crippen LogP contribution in [0.25, 0.3) is 0 Å². The molecule has 118 valence electrons. The lowest BCUT2D eigenvalue weighted by Crippen LogP contribution is -2.44. The normalized spacial score (nSPS) is 22.9. The summed E-state index contributed by atoms with van der Waals surface area (Å²) < 4.78 is 10.9. The standard InChI is InChI=1S/C15H30N2O3/c1-6-9-17(14(18)20-15(3,4)5)10-8-16-13-7-11-19-12(13)2/h12-13,16H,6-11H2,1-5H3. The van der Waals surface area contributed by atoms with E-state index in [1.807, 2.05) is 20.8 Å². The van der Waals surface area contributed by atoms with Gasteiger partial charge in [-0.1, -0.05) is 6.92 Å². The molecule has 0 aliphatic carbocycles. The Labute approximate surface area is 123 Å². The van der Waals surface area contributed by atoms with Crippen LogP contribution in [0.4, 0.5) is 4.79 Å². The average molecular weight is 286 g/mol. The second kappa shape index (κ2) is 7.84. The summed E-state index contributed by atoms with van der Waals surface area (Å²) in [7, 11) is 0. The maximum atomic E-state index is 12.1. The Balaban J connectivity index is 2.36. The number of nitrogens with one attached hydrogen (secondary N) is 1. The monoisotopic (exact) mass is 286 g/mol. The third-order valence-corrected chi connectivity index (χ3v) is 3.31. The molecule has 5 heteroatoms. The predicted molar refractivity (Wildman–Crippen MR) is 79.9 cm³/mol. The molecule has 1 aliphatic heterocycles. The molecule has 1 rings (SSSR count). The van der Waals surface area contributed by atoms with Gasteiger partial charge in [-0.25, -0.2) is 4.79 Å². The van der Waals surface area contributed by atoms with Crippen molar-refractivity contribution < 1.29 is 14.3 Å². The summed E-state index contributed by atoms with van der Waals surface area (Å²) in [5.41, 5.74) is -0.440. The Morgan fingerprint density at radius 1 is 1.40 bits per heavy atom. The topological polar surface area (TPSA) is 50.8 Å². The number of hydrogen-bond acceptors (Lipinski definition) is 4. The van der Waals surface area contributed by atoms with Gasteiger partial charge in [0.05, 0.1) is 6.10 Å². The number of carbonyl (C=O) groups excluding carboxylic acids is 1. The molecule has 1 aliphatic rings. The zero-order valence-corrected chi connectivity index (χ0v) is 13.6. The summed E-state index contributed by atoms with van der Waals surface area (Å²) in [4.78, 5) is 13.9. The Morgan fingerprint density at radius 2 is 2.10 bits per heavy atom. The lowest BCUT2D eigenvalue weighted by atomic mass is 10.1. The fourth-order valence-electron chi connectivity index (χ4n) is 2.28. The Bertz CT molecular complexity index is 302. The molecule has 20 heavy (non-hydrogen) atoms. The van der Waals surface area contributed by atoms with Crippen molar-refractivity contribution in [1.82, 2.24) is 10.2 Å². The highest BCUT2D eigenvalue weighted by atomic mass is 16.6.